The molecular weight excluding hydrogens is 458 g/mol. The number of imide groups is 3. The molecule has 7 nitrogen and oxygen atoms in total. The molecule has 3 amide bonds. The molecule has 0 aromatic heterocycles. The number of phenols is 1. The van der Waals surface area contributed by atoms with E-state index in [4.69, 9.17) is 4.74 Å². The largest absolute Gasteiger partial charge is 0.507 e. The molecule has 1 N–H and O–H groups in total. The van der Waals surface area contributed by atoms with Crippen molar-refractivity contribution in [1.29, 1.82) is 0 Å². The number of benzene rings is 2. The van der Waals surface area contributed by atoms with E-state index in [1.165, 1.54) is 12.7 Å². The van der Waals surface area contributed by atoms with Gasteiger partial charge in [-0.15, -0.1) is 0 Å². The van der Waals surface area contributed by atoms with E-state index in [2.05, 4.69) is 17.7 Å². The summed E-state index contributed by atoms with van der Waals surface area (Å²) in [5, 5.41) is 12.1. The van der Waals surface area contributed by atoms with Gasteiger partial charge in [0, 0.05) is 11.3 Å². The van der Waals surface area contributed by atoms with Gasteiger partial charge in [-0.2, -0.15) is 4.90 Å². The highest BCUT2D eigenvalue weighted by Crippen LogP contribution is 2.49. The molecule has 0 saturated carbocycles. The first-order chi connectivity index (χ1) is 17.3. The molecular formula is C29H31NO6. The van der Waals surface area contributed by atoms with Crippen molar-refractivity contribution >= 4 is 34.8 Å². The first kappa shape index (κ1) is 24.3. The molecule has 2 saturated heterocycles. The zero-order chi connectivity index (χ0) is 25.6. The summed E-state index contributed by atoms with van der Waals surface area (Å²) < 4.78 is 10.9. The molecule has 2 aromatic rings. The maximum Gasteiger partial charge on any atom is 0.423 e. The number of fused-ring (bicyclic) bond motifs is 4. The summed E-state index contributed by atoms with van der Waals surface area (Å²) in [5.41, 5.74) is 4.55. The van der Waals surface area contributed by atoms with E-state index in [1.807, 2.05) is 37.3 Å². The summed E-state index contributed by atoms with van der Waals surface area (Å²) in [6.45, 7) is 4.52. The van der Waals surface area contributed by atoms with Crippen LogP contribution in [0.1, 0.15) is 45.1 Å². The molecule has 36 heavy (non-hydrogen) atoms. The molecule has 188 valence electrons. The number of allylic oxidation sites excluding steroid dienone is 2. The number of carbonyl (C=O) groups excluding carboxylic acids is 3. The number of hydrogen-bond donors (Lipinski definition) is 1. The van der Waals surface area contributed by atoms with Gasteiger partial charge in [-0.3, -0.25) is 9.59 Å². The normalized spacial score (nSPS) is 26.0. The van der Waals surface area contributed by atoms with Gasteiger partial charge in [0.1, 0.15) is 5.75 Å². The molecule has 1 aliphatic carbocycles. The van der Waals surface area contributed by atoms with Crippen LogP contribution in [0.2, 0.25) is 0 Å². The molecule has 2 fully saturated rings. The van der Waals surface area contributed by atoms with Crippen molar-refractivity contribution in [2.24, 2.45) is 17.8 Å². The molecule has 2 heterocycles. The Kier molecular flexibility index (Phi) is 6.43. The fourth-order valence-corrected chi connectivity index (χ4v) is 6.22. The maximum atomic E-state index is 13.1. The molecule has 4 atom stereocenters. The van der Waals surface area contributed by atoms with Gasteiger partial charge in [0.25, 0.3) is 0 Å². The third-order valence-electron chi connectivity index (χ3n) is 7.99. The molecule has 0 spiro atoms. The molecule has 0 radical (unpaired) electrons. The van der Waals surface area contributed by atoms with Crippen LogP contribution in [0.3, 0.4) is 0 Å². The van der Waals surface area contributed by atoms with E-state index >= 15 is 0 Å². The van der Waals surface area contributed by atoms with Gasteiger partial charge in [-0.05, 0) is 55.2 Å². The average Bonchev–Trinajstić information content (AvgIpc) is 3.41. The summed E-state index contributed by atoms with van der Waals surface area (Å²) in [6, 6.07) is 11.5. The molecule has 0 unspecified atom stereocenters. The number of hydrogen-bond acceptors (Lipinski definition) is 6. The van der Waals surface area contributed by atoms with Crippen molar-refractivity contribution in [3.8, 4) is 5.75 Å². The Morgan fingerprint density at radius 3 is 2.61 bits per heavy atom. The highest BCUT2D eigenvalue weighted by molar-refractivity contribution is 6.16. The quantitative estimate of drug-likeness (QED) is 0.457. The smallest absolute Gasteiger partial charge is 0.423 e. The Morgan fingerprint density at radius 2 is 1.89 bits per heavy atom. The lowest BCUT2D eigenvalue weighted by molar-refractivity contribution is -0.137. The first-order valence-electron chi connectivity index (χ1n) is 12.5. The predicted octanol–water partition coefficient (Wildman–Crippen LogP) is 5.22. The number of methoxy groups -OCH3 is 1. The zero-order valence-electron chi connectivity index (χ0n) is 20.8. The van der Waals surface area contributed by atoms with Crippen LogP contribution in [0.4, 0.5) is 4.79 Å². The van der Waals surface area contributed by atoms with Gasteiger partial charge in [-0.25, -0.2) is 4.79 Å². The van der Waals surface area contributed by atoms with Gasteiger partial charge in [0.15, 0.2) is 0 Å². The highest BCUT2D eigenvalue weighted by Gasteiger charge is 2.58. The van der Waals surface area contributed by atoms with Crippen LogP contribution >= 0.6 is 0 Å². The van der Waals surface area contributed by atoms with Crippen molar-refractivity contribution in [3.63, 3.8) is 0 Å². The summed E-state index contributed by atoms with van der Waals surface area (Å²) in [4.78, 5) is 38.6. The van der Waals surface area contributed by atoms with Crippen molar-refractivity contribution < 1.29 is 29.0 Å². The van der Waals surface area contributed by atoms with Crippen LogP contribution in [0, 0.1) is 17.8 Å². The number of phenolic OH excluding ortho intramolecular Hbond substituents is 1. The summed E-state index contributed by atoms with van der Waals surface area (Å²) in [5.74, 6) is -1.93. The second-order valence-electron chi connectivity index (χ2n) is 9.90. The van der Waals surface area contributed by atoms with E-state index in [9.17, 15) is 19.5 Å². The van der Waals surface area contributed by atoms with Crippen LogP contribution in [0.15, 0.2) is 53.1 Å². The maximum absolute atomic E-state index is 13.1. The number of ether oxygens (including phenoxy) is 2. The Morgan fingerprint density at radius 1 is 1.14 bits per heavy atom. The van der Waals surface area contributed by atoms with Crippen molar-refractivity contribution in [2.75, 3.05) is 13.7 Å². The number of nitrogens with zero attached hydrogens (tertiary/aromatic N) is 1. The molecule has 7 heteroatoms. The average molecular weight is 490 g/mol. The SMILES string of the molecule is CC/C(=C\c1ccc(O)c2ccccc12)CC[C@H]1OC[C@H]2C1=C(C)C[C@H]1C(=O)N(C(=O)OC)C(=O)[C@H]12. The first-order valence-corrected chi connectivity index (χ1v) is 12.5. The second kappa shape index (κ2) is 9.54. The van der Waals surface area contributed by atoms with Crippen molar-refractivity contribution in [1.82, 2.24) is 4.90 Å². The van der Waals surface area contributed by atoms with Crippen LogP contribution in [0.25, 0.3) is 16.8 Å². The van der Waals surface area contributed by atoms with Crippen LogP contribution in [-0.4, -0.2) is 47.7 Å². The van der Waals surface area contributed by atoms with E-state index in [1.54, 1.807) is 6.07 Å². The number of amides is 3. The van der Waals surface area contributed by atoms with Gasteiger partial charge < -0.3 is 14.6 Å². The highest BCUT2D eigenvalue weighted by atomic mass is 16.5. The summed E-state index contributed by atoms with van der Waals surface area (Å²) in [6.07, 6.45) is 4.12. The Balaban J connectivity index is 1.35. The molecule has 2 aromatic carbocycles. The number of rotatable bonds is 5. The number of carbonyl (C=O) groups is 3. The minimum atomic E-state index is -0.909. The van der Waals surface area contributed by atoms with Crippen LogP contribution in [-0.2, 0) is 19.1 Å². The molecule has 2 aliphatic heterocycles. The van der Waals surface area contributed by atoms with Crippen LogP contribution in [0.5, 0.6) is 5.75 Å². The predicted molar refractivity (Wildman–Crippen MR) is 135 cm³/mol. The van der Waals surface area contributed by atoms with Crippen molar-refractivity contribution in [2.45, 2.75) is 45.6 Å². The Labute approximate surface area is 210 Å². The van der Waals surface area contributed by atoms with Gasteiger partial charge >= 0.3 is 6.09 Å². The third-order valence-corrected chi connectivity index (χ3v) is 7.99. The standard InChI is InChI=1S/C29H31NO6/c1-4-17(14-18-10-11-23(31)20-8-6-5-7-19(18)20)9-12-24-25-16(2)13-21-26(22(25)15-36-24)28(33)30(27(21)32)29(34)35-3/h5-8,10-11,14,21-22,24,26,31H,4,9,12-13,15H2,1-3H3/b17-14+/t21-,22+,24-,26-/m1/s1. The molecule has 3 aliphatic rings. The van der Waals surface area contributed by atoms with Crippen molar-refractivity contribution in [3.05, 3.63) is 58.7 Å². The third kappa shape index (κ3) is 3.91. The fourth-order valence-electron chi connectivity index (χ4n) is 6.22. The Hall–Kier alpha value is -3.45. The minimum absolute atomic E-state index is 0.113. The number of aromatic hydroxyl groups is 1. The van der Waals surface area contributed by atoms with E-state index in [0.717, 1.165) is 46.7 Å². The van der Waals surface area contributed by atoms with E-state index in [0.29, 0.717) is 17.9 Å². The van der Waals surface area contributed by atoms with Gasteiger partial charge in [0.2, 0.25) is 11.8 Å². The number of likely N-dealkylation sites (tertiary alicyclic amines) is 1. The summed E-state index contributed by atoms with van der Waals surface area (Å²) in [7, 11) is 1.17. The zero-order valence-corrected chi connectivity index (χ0v) is 20.8. The molecule has 0 bridgehead atoms. The van der Waals surface area contributed by atoms with E-state index in [-0.39, 0.29) is 17.8 Å². The topological polar surface area (TPSA) is 93.1 Å². The van der Waals surface area contributed by atoms with Gasteiger partial charge in [0.05, 0.1) is 31.7 Å². The van der Waals surface area contributed by atoms with E-state index < -0.39 is 29.7 Å². The lowest BCUT2D eigenvalue weighted by atomic mass is 9.70. The Bertz CT molecular complexity index is 1310. The monoisotopic (exact) mass is 489 g/mol. The lowest BCUT2D eigenvalue weighted by Crippen LogP contribution is -2.37. The molecule has 5 rings (SSSR count). The fraction of sp³-hybridized carbons (Fsp3) is 0.414. The summed E-state index contributed by atoms with van der Waals surface area (Å²) >= 11 is 0. The lowest BCUT2D eigenvalue weighted by Gasteiger charge is -2.30. The minimum Gasteiger partial charge on any atom is -0.507 e. The second-order valence-corrected chi connectivity index (χ2v) is 9.90. The van der Waals surface area contributed by atoms with Gasteiger partial charge in [-0.1, -0.05) is 54.5 Å². The van der Waals surface area contributed by atoms with Crippen LogP contribution < -0.4 is 0 Å².